The molecule has 1 fully saturated rings. The molecule has 0 aromatic carbocycles. The number of urea groups is 1. The molecule has 0 spiro atoms. The molecule has 21 heavy (non-hydrogen) atoms. The normalized spacial score (nSPS) is 18.3. The molecule has 1 aliphatic heterocycles. The summed E-state index contributed by atoms with van der Waals surface area (Å²) in [4.78, 5) is 17.8. The van der Waals surface area contributed by atoms with E-state index in [2.05, 4.69) is 10.3 Å². The molecule has 1 aliphatic rings. The minimum Gasteiger partial charge on any atom is -0.331 e. The lowest BCUT2D eigenvalue weighted by Gasteiger charge is -2.33. The van der Waals surface area contributed by atoms with E-state index in [9.17, 15) is 13.2 Å². The first-order valence-electron chi connectivity index (χ1n) is 6.78. The zero-order chi connectivity index (χ0) is 15.5. The molecule has 7 nitrogen and oxygen atoms in total. The number of piperazine rings is 1. The summed E-state index contributed by atoms with van der Waals surface area (Å²) >= 11 is 0. The number of pyridine rings is 1. The summed E-state index contributed by atoms with van der Waals surface area (Å²) in [5.74, 6) is 0. The molecule has 0 aliphatic carbocycles. The van der Waals surface area contributed by atoms with Crippen molar-refractivity contribution in [3.63, 3.8) is 0 Å². The molecule has 0 radical (unpaired) electrons. The largest absolute Gasteiger partial charge is 0.331 e. The topological polar surface area (TPSA) is 82.6 Å². The quantitative estimate of drug-likeness (QED) is 0.877. The molecule has 2 rings (SSSR count). The third kappa shape index (κ3) is 4.15. The van der Waals surface area contributed by atoms with Crippen molar-refractivity contribution in [1.82, 2.24) is 19.5 Å². The fraction of sp³-hybridized carbons (Fsp3) is 0.538. The first-order chi connectivity index (χ1) is 9.88. The highest BCUT2D eigenvalue weighted by molar-refractivity contribution is 7.88. The zero-order valence-electron chi connectivity index (χ0n) is 12.2. The van der Waals surface area contributed by atoms with Gasteiger partial charge in [0.05, 0.1) is 12.3 Å². The average Bonchev–Trinajstić information content (AvgIpc) is 2.47. The molecule has 8 heteroatoms. The van der Waals surface area contributed by atoms with Crippen LogP contribution in [0, 0.1) is 0 Å². The number of carbonyl (C=O) groups is 1. The maximum atomic E-state index is 12.2. The van der Waals surface area contributed by atoms with Crippen LogP contribution in [0.25, 0.3) is 0 Å². The van der Waals surface area contributed by atoms with Gasteiger partial charge in [0.2, 0.25) is 10.0 Å². The Morgan fingerprint density at radius 2 is 2.00 bits per heavy atom. The van der Waals surface area contributed by atoms with Crippen molar-refractivity contribution in [3.8, 4) is 0 Å². The van der Waals surface area contributed by atoms with E-state index in [1.165, 1.54) is 10.6 Å². The van der Waals surface area contributed by atoms with Crippen molar-refractivity contribution >= 4 is 16.1 Å². The first-order valence-corrected chi connectivity index (χ1v) is 8.63. The van der Waals surface area contributed by atoms with Crippen molar-refractivity contribution in [2.24, 2.45) is 0 Å². The number of hydrogen-bond donors (Lipinski definition) is 1. The standard InChI is InChI=1S/C13H20N4O3S/c1-11(12-4-3-5-14-10-12)15-13(18)16-6-8-17(9-7-16)21(2,19)20/h3-5,10-11H,6-9H2,1-2H3,(H,15,18). The maximum absolute atomic E-state index is 12.2. The Bertz CT molecular complexity index is 583. The van der Waals surface area contributed by atoms with E-state index in [1.54, 1.807) is 17.3 Å². The molecule has 2 amide bonds. The Morgan fingerprint density at radius 1 is 1.33 bits per heavy atom. The van der Waals surface area contributed by atoms with Crippen molar-refractivity contribution in [1.29, 1.82) is 0 Å². The Labute approximate surface area is 125 Å². The summed E-state index contributed by atoms with van der Waals surface area (Å²) in [5.41, 5.74) is 0.931. The fourth-order valence-electron chi connectivity index (χ4n) is 2.21. The van der Waals surface area contributed by atoms with Crippen LogP contribution in [0.2, 0.25) is 0 Å². The van der Waals surface area contributed by atoms with Gasteiger partial charge in [-0.25, -0.2) is 13.2 Å². The molecule has 116 valence electrons. The van der Waals surface area contributed by atoms with Gasteiger partial charge in [0, 0.05) is 38.6 Å². The lowest BCUT2D eigenvalue weighted by Crippen LogP contribution is -2.53. The second kappa shape index (κ2) is 6.40. The average molecular weight is 312 g/mol. The van der Waals surface area contributed by atoms with Gasteiger partial charge < -0.3 is 10.2 Å². The van der Waals surface area contributed by atoms with Crippen molar-refractivity contribution in [3.05, 3.63) is 30.1 Å². The van der Waals surface area contributed by atoms with Crippen molar-refractivity contribution in [2.45, 2.75) is 13.0 Å². The van der Waals surface area contributed by atoms with E-state index >= 15 is 0 Å². The molecule has 1 unspecified atom stereocenters. The summed E-state index contributed by atoms with van der Waals surface area (Å²) in [6.45, 7) is 3.38. The summed E-state index contributed by atoms with van der Waals surface area (Å²) in [6.07, 6.45) is 4.59. The van der Waals surface area contributed by atoms with Crippen LogP contribution in [-0.2, 0) is 10.0 Å². The molecule has 1 atom stereocenters. The highest BCUT2D eigenvalue weighted by atomic mass is 32.2. The van der Waals surface area contributed by atoms with Gasteiger partial charge in [-0.15, -0.1) is 0 Å². The molecule has 1 N–H and O–H groups in total. The van der Waals surface area contributed by atoms with Crippen LogP contribution in [0.3, 0.4) is 0 Å². The predicted octanol–water partition coefficient (Wildman–Crippen LogP) is 0.429. The third-order valence-electron chi connectivity index (χ3n) is 3.52. The Morgan fingerprint density at radius 3 is 2.52 bits per heavy atom. The van der Waals surface area contributed by atoms with Crippen LogP contribution >= 0.6 is 0 Å². The monoisotopic (exact) mass is 312 g/mol. The molecule has 2 heterocycles. The minimum atomic E-state index is -3.17. The number of aromatic nitrogens is 1. The van der Waals surface area contributed by atoms with Gasteiger partial charge in [-0.3, -0.25) is 4.98 Å². The highest BCUT2D eigenvalue weighted by Gasteiger charge is 2.26. The van der Waals surface area contributed by atoms with Gasteiger partial charge in [-0.1, -0.05) is 6.07 Å². The van der Waals surface area contributed by atoms with E-state index in [1.807, 2.05) is 19.1 Å². The molecular formula is C13H20N4O3S. The molecular weight excluding hydrogens is 292 g/mol. The van der Waals surface area contributed by atoms with Crippen LogP contribution in [0.5, 0.6) is 0 Å². The lowest BCUT2D eigenvalue weighted by molar-refractivity contribution is 0.170. The first kappa shape index (κ1) is 15.7. The number of nitrogens with zero attached hydrogens (tertiary/aromatic N) is 3. The number of carbonyl (C=O) groups excluding carboxylic acids is 1. The zero-order valence-corrected chi connectivity index (χ0v) is 13.0. The second-order valence-electron chi connectivity index (χ2n) is 5.11. The third-order valence-corrected chi connectivity index (χ3v) is 4.82. The smallest absolute Gasteiger partial charge is 0.317 e. The summed E-state index contributed by atoms with van der Waals surface area (Å²) in [6, 6.07) is 3.40. The molecule has 1 aromatic heterocycles. The van der Waals surface area contributed by atoms with Gasteiger partial charge in [-0.05, 0) is 18.6 Å². The molecule has 1 saturated heterocycles. The number of rotatable bonds is 3. The molecule has 1 aromatic rings. The fourth-order valence-corrected chi connectivity index (χ4v) is 3.04. The van der Waals surface area contributed by atoms with E-state index in [0.717, 1.165) is 5.56 Å². The van der Waals surface area contributed by atoms with E-state index in [0.29, 0.717) is 26.2 Å². The SMILES string of the molecule is CC(NC(=O)N1CCN(S(C)(=O)=O)CC1)c1cccnc1. The number of nitrogens with one attached hydrogen (secondary N) is 1. The van der Waals surface area contributed by atoms with Crippen LogP contribution in [0.4, 0.5) is 4.79 Å². The Kier molecular flexibility index (Phi) is 4.79. The second-order valence-corrected chi connectivity index (χ2v) is 7.09. The highest BCUT2D eigenvalue weighted by Crippen LogP contribution is 2.12. The van der Waals surface area contributed by atoms with Gasteiger partial charge >= 0.3 is 6.03 Å². The van der Waals surface area contributed by atoms with E-state index in [-0.39, 0.29) is 12.1 Å². The van der Waals surface area contributed by atoms with Gasteiger partial charge in [0.25, 0.3) is 0 Å². The minimum absolute atomic E-state index is 0.140. The van der Waals surface area contributed by atoms with Crippen LogP contribution in [-0.4, -0.2) is 61.1 Å². The predicted molar refractivity (Wildman–Crippen MR) is 79.2 cm³/mol. The lowest BCUT2D eigenvalue weighted by atomic mass is 10.1. The van der Waals surface area contributed by atoms with E-state index in [4.69, 9.17) is 0 Å². The van der Waals surface area contributed by atoms with Crippen LogP contribution in [0.15, 0.2) is 24.5 Å². The van der Waals surface area contributed by atoms with Crippen molar-refractivity contribution < 1.29 is 13.2 Å². The molecule has 0 bridgehead atoms. The Hall–Kier alpha value is -1.67. The number of hydrogen-bond acceptors (Lipinski definition) is 4. The van der Waals surface area contributed by atoms with E-state index < -0.39 is 10.0 Å². The summed E-state index contributed by atoms with van der Waals surface area (Å²) in [5, 5.41) is 2.90. The van der Waals surface area contributed by atoms with Crippen molar-refractivity contribution in [2.75, 3.05) is 32.4 Å². The summed E-state index contributed by atoms with van der Waals surface area (Å²) < 4.78 is 24.2. The Balaban J connectivity index is 1.88. The van der Waals surface area contributed by atoms with Gasteiger partial charge in [-0.2, -0.15) is 4.31 Å². The summed E-state index contributed by atoms with van der Waals surface area (Å²) in [7, 11) is -3.17. The van der Waals surface area contributed by atoms with Crippen LogP contribution < -0.4 is 5.32 Å². The van der Waals surface area contributed by atoms with Gasteiger partial charge in [0.1, 0.15) is 0 Å². The maximum Gasteiger partial charge on any atom is 0.317 e. The molecule has 0 saturated carbocycles. The van der Waals surface area contributed by atoms with Crippen LogP contribution in [0.1, 0.15) is 18.5 Å². The number of amides is 2. The number of sulfonamides is 1. The van der Waals surface area contributed by atoms with Gasteiger partial charge in [0.15, 0.2) is 0 Å².